The Morgan fingerprint density at radius 2 is 2.00 bits per heavy atom. The fourth-order valence-corrected chi connectivity index (χ4v) is 4.25. The van der Waals surface area contributed by atoms with Gasteiger partial charge in [0.05, 0.1) is 11.1 Å². The summed E-state index contributed by atoms with van der Waals surface area (Å²) in [4.78, 5) is 30.4. The number of halogens is 3. The first kappa shape index (κ1) is 19.8. The average Bonchev–Trinajstić information content (AvgIpc) is 2.76. The lowest BCUT2D eigenvalue weighted by Gasteiger charge is -2.15. The van der Waals surface area contributed by atoms with E-state index in [-0.39, 0.29) is 17.4 Å². The summed E-state index contributed by atoms with van der Waals surface area (Å²) >= 11 is 2.35. The Balaban J connectivity index is 2.30. The van der Waals surface area contributed by atoms with Crippen LogP contribution in [0.1, 0.15) is 30.3 Å². The molecule has 0 aliphatic rings. The summed E-state index contributed by atoms with van der Waals surface area (Å²) < 4.78 is 37.9. The highest BCUT2D eigenvalue weighted by molar-refractivity contribution is 7.99. The summed E-state index contributed by atoms with van der Waals surface area (Å²) in [6.45, 7) is 6.02. The zero-order chi connectivity index (χ0) is 18.9. The second kappa shape index (κ2) is 7.36. The van der Waals surface area contributed by atoms with Crippen LogP contribution in [0.5, 0.6) is 0 Å². The molecule has 25 heavy (non-hydrogen) atoms. The van der Waals surface area contributed by atoms with Crippen molar-refractivity contribution in [3.05, 3.63) is 20.8 Å². The Labute approximate surface area is 150 Å². The molecule has 0 saturated heterocycles. The molecular weight excluding hydrogens is 375 g/mol. The second-order valence-electron chi connectivity index (χ2n) is 5.81. The van der Waals surface area contributed by atoms with Gasteiger partial charge in [-0.15, -0.1) is 11.3 Å². The first-order chi connectivity index (χ1) is 11.5. The maximum atomic E-state index is 12.8. The third-order valence-corrected chi connectivity index (χ3v) is 5.59. The van der Waals surface area contributed by atoms with Crippen LogP contribution in [0, 0.1) is 13.8 Å². The van der Waals surface area contributed by atoms with E-state index in [1.165, 1.54) is 15.9 Å². The van der Waals surface area contributed by atoms with E-state index in [2.05, 4.69) is 4.98 Å². The molecular formula is C15H18F3N3O2S2. The molecule has 1 amide bonds. The lowest BCUT2D eigenvalue weighted by Crippen LogP contribution is -2.35. The third kappa shape index (κ3) is 4.55. The third-order valence-electron chi connectivity index (χ3n) is 3.54. The number of hydrogen-bond acceptors (Lipinski definition) is 5. The molecule has 10 heteroatoms. The van der Waals surface area contributed by atoms with Gasteiger partial charge in [-0.25, -0.2) is 4.98 Å². The number of aryl methyl sites for hydroxylation is 2. The van der Waals surface area contributed by atoms with E-state index in [1.54, 1.807) is 0 Å². The minimum Gasteiger partial charge on any atom is -0.346 e. The number of carbonyl (C=O) groups is 1. The molecule has 0 atom stereocenters. The van der Waals surface area contributed by atoms with E-state index in [0.29, 0.717) is 15.4 Å². The van der Waals surface area contributed by atoms with E-state index < -0.39 is 18.6 Å². The van der Waals surface area contributed by atoms with Crippen LogP contribution in [0.3, 0.4) is 0 Å². The van der Waals surface area contributed by atoms with Gasteiger partial charge >= 0.3 is 6.18 Å². The standard InChI is InChI=1S/C15H18F3N3O2S2/c1-7(2)21-13(23)11-8(3)9(4)25-12(11)20-14(21)24-5-10(22)19-6-15(16,17)18/h7H,5-6H2,1-4H3,(H,19,22). The van der Waals surface area contributed by atoms with Crippen LogP contribution in [0.4, 0.5) is 13.2 Å². The van der Waals surface area contributed by atoms with Gasteiger partial charge in [-0.2, -0.15) is 13.2 Å². The van der Waals surface area contributed by atoms with Gasteiger partial charge in [0.1, 0.15) is 11.4 Å². The molecule has 2 rings (SSSR count). The number of thioether (sulfide) groups is 1. The zero-order valence-corrected chi connectivity index (χ0v) is 15.8. The molecule has 5 nitrogen and oxygen atoms in total. The molecule has 0 aliphatic carbocycles. The second-order valence-corrected chi connectivity index (χ2v) is 7.95. The number of aromatic nitrogens is 2. The number of rotatable bonds is 5. The Morgan fingerprint density at radius 3 is 2.56 bits per heavy atom. The number of alkyl halides is 3. The van der Waals surface area contributed by atoms with Gasteiger partial charge < -0.3 is 5.32 Å². The normalized spacial score (nSPS) is 12.2. The Kier molecular flexibility index (Phi) is 5.82. The molecule has 0 spiro atoms. The Morgan fingerprint density at radius 1 is 1.36 bits per heavy atom. The van der Waals surface area contributed by atoms with E-state index >= 15 is 0 Å². The van der Waals surface area contributed by atoms with Crippen molar-refractivity contribution in [2.45, 2.75) is 45.1 Å². The molecule has 0 bridgehead atoms. The fourth-order valence-electron chi connectivity index (χ4n) is 2.22. The maximum absolute atomic E-state index is 12.8. The molecule has 0 unspecified atom stereocenters. The monoisotopic (exact) mass is 393 g/mol. The molecule has 2 aromatic rings. The van der Waals surface area contributed by atoms with Gasteiger partial charge in [0.2, 0.25) is 5.91 Å². The number of thiophene rings is 1. The van der Waals surface area contributed by atoms with Crippen molar-refractivity contribution >= 4 is 39.2 Å². The Bertz CT molecular complexity index is 856. The number of nitrogens with one attached hydrogen (secondary N) is 1. The minimum absolute atomic E-state index is 0.190. The Hall–Kier alpha value is -1.55. The van der Waals surface area contributed by atoms with Gasteiger partial charge in [0.15, 0.2) is 5.16 Å². The van der Waals surface area contributed by atoms with Gasteiger partial charge in [0.25, 0.3) is 5.56 Å². The van der Waals surface area contributed by atoms with Crippen molar-refractivity contribution in [3.63, 3.8) is 0 Å². The van der Waals surface area contributed by atoms with Crippen LogP contribution in [-0.4, -0.2) is 33.9 Å². The SMILES string of the molecule is Cc1sc2nc(SCC(=O)NCC(F)(F)F)n(C(C)C)c(=O)c2c1C. The topological polar surface area (TPSA) is 64.0 Å². The van der Waals surface area contributed by atoms with Gasteiger partial charge in [-0.05, 0) is 33.3 Å². The van der Waals surface area contributed by atoms with E-state index in [9.17, 15) is 22.8 Å². The highest BCUT2D eigenvalue weighted by atomic mass is 32.2. The highest BCUT2D eigenvalue weighted by Gasteiger charge is 2.27. The summed E-state index contributed by atoms with van der Waals surface area (Å²) in [6.07, 6.45) is -4.45. The molecule has 138 valence electrons. The smallest absolute Gasteiger partial charge is 0.346 e. The van der Waals surface area contributed by atoms with Crippen LogP contribution in [-0.2, 0) is 4.79 Å². The van der Waals surface area contributed by atoms with Crippen molar-refractivity contribution < 1.29 is 18.0 Å². The van der Waals surface area contributed by atoms with Crippen LogP contribution in [0.25, 0.3) is 10.2 Å². The summed E-state index contributed by atoms with van der Waals surface area (Å²) in [6, 6.07) is -0.190. The first-order valence-electron chi connectivity index (χ1n) is 7.49. The van der Waals surface area contributed by atoms with Crippen LogP contribution in [0.15, 0.2) is 9.95 Å². The predicted octanol–water partition coefficient (Wildman–Crippen LogP) is 3.43. The maximum Gasteiger partial charge on any atom is 0.405 e. The molecule has 2 aromatic heterocycles. The van der Waals surface area contributed by atoms with E-state index in [4.69, 9.17) is 0 Å². The fraction of sp³-hybridized carbons (Fsp3) is 0.533. The van der Waals surface area contributed by atoms with Crippen molar-refractivity contribution in [3.8, 4) is 0 Å². The molecule has 0 saturated carbocycles. The van der Waals surface area contributed by atoms with Crippen molar-refractivity contribution in [1.29, 1.82) is 0 Å². The summed E-state index contributed by atoms with van der Waals surface area (Å²) in [5, 5.41) is 2.70. The van der Waals surface area contributed by atoms with Crippen molar-refractivity contribution in [2.24, 2.45) is 0 Å². The number of carbonyl (C=O) groups excluding carboxylic acids is 1. The molecule has 0 fully saturated rings. The summed E-state index contributed by atoms with van der Waals surface area (Å²) in [5.41, 5.74) is 0.686. The van der Waals surface area contributed by atoms with E-state index in [1.807, 2.05) is 33.0 Å². The highest BCUT2D eigenvalue weighted by Crippen LogP contribution is 2.29. The largest absolute Gasteiger partial charge is 0.405 e. The molecule has 0 radical (unpaired) electrons. The summed E-state index contributed by atoms with van der Waals surface area (Å²) in [7, 11) is 0. The van der Waals surface area contributed by atoms with Crippen molar-refractivity contribution in [1.82, 2.24) is 14.9 Å². The lowest BCUT2D eigenvalue weighted by atomic mass is 10.2. The van der Waals surface area contributed by atoms with E-state index in [0.717, 1.165) is 22.2 Å². The predicted molar refractivity (Wildman–Crippen MR) is 93.5 cm³/mol. The molecule has 0 aromatic carbocycles. The lowest BCUT2D eigenvalue weighted by molar-refractivity contribution is -0.136. The number of fused-ring (bicyclic) bond motifs is 1. The number of nitrogens with zero attached hydrogens (tertiary/aromatic N) is 2. The molecule has 2 heterocycles. The average molecular weight is 393 g/mol. The van der Waals surface area contributed by atoms with Gasteiger partial charge in [-0.1, -0.05) is 11.8 Å². The van der Waals surface area contributed by atoms with Gasteiger partial charge in [-0.3, -0.25) is 14.2 Å². The van der Waals surface area contributed by atoms with Gasteiger partial charge in [0, 0.05) is 10.9 Å². The van der Waals surface area contributed by atoms with Crippen LogP contribution >= 0.6 is 23.1 Å². The number of amides is 1. The molecule has 0 aliphatic heterocycles. The van der Waals surface area contributed by atoms with Crippen LogP contribution < -0.4 is 10.9 Å². The first-order valence-corrected chi connectivity index (χ1v) is 9.30. The van der Waals surface area contributed by atoms with Crippen LogP contribution in [0.2, 0.25) is 0 Å². The minimum atomic E-state index is -4.45. The molecule has 1 N–H and O–H groups in total. The van der Waals surface area contributed by atoms with Crippen molar-refractivity contribution in [2.75, 3.05) is 12.3 Å². The zero-order valence-electron chi connectivity index (χ0n) is 14.2. The summed E-state index contributed by atoms with van der Waals surface area (Å²) in [5.74, 6) is -1.00. The number of hydrogen-bond donors (Lipinski definition) is 1. The quantitative estimate of drug-likeness (QED) is 0.625.